The Morgan fingerprint density at radius 2 is 2.29 bits per heavy atom. The number of hydrogen-bond acceptors (Lipinski definition) is 4. The van der Waals surface area contributed by atoms with Gasteiger partial charge >= 0.3 is 0 Å². The highest BCUT2D eigenvalue weighted by atomic mass is 16.2. The molecule has 5 nitrogen and oxygen atoms in total. The van der Waals surface area contributed by atoms with E-state index in [-0.39, 0.29) is 5.91 Å². The minimum atomic E-state index is 0.0111. The number of anilines is 1. The van der Waals surface area contributed by atoms with E-state index in [2.05, 4.69) is 22.2 Å². The van der Waals surface area contributed by atoms with Crippen LogP contribution in [0.3, 0.4) is 0 Å². The third kappa shape index (κ3) is 2.38. The molecule has 92 valence electrons. The zero-order valence-electron chi connectivity index (χ0n) is 10.5. The van der Waals surface area contributed by atoms with Gasteiger partial charge in [0.1, 0.15) is 5.69 Å². The van der Waals surface area contributed by atoms with Crippen LogP contribution in [0.4, 0.5) is 5.95 Å². The summed E-state index contributed by atoms with van der Waals surface area (Å²) in [6.07, 6.45) is 2.16. The minimum absolute atomic E-state index is 0.0111. The number of carbonyl (C=O) groups excluding carboxylic acids is 1. The average Bonchev–Trinajstić information content (AvgIpc) is 2.73. The Kier molecular flexibility index (Phi) is 3.26. The van der Waals surface area contributed by atoms with Gasteiger partial charge in [-0.2, -0.15) is 0 Å². The summed E-state index contributed by atoms with van der Waals surface area (Å²) in [5.41, 5.74) is 1.29. The predicted molar refractivity (Wildman–Crippen MR) is 66.0 cm³/mol. The molecule has 1 unspecified atom stereocenters. The fraction of sp³-hybridized carbons (Fsp3) is 0.583. The van der Waals surface area contributed by atoms with E-state index < -0.39 is 0 Å². The van der Waals surface area contributed by atoms with Gasteiger partial charge in [-0.3, -0.25) is 4.79 Å². The number of rotatable bonds is 2. The van der Waals surface area contributed by atoms with Crippen LogP contribution in [0.2, 0.25) is 0 Å². The van der Waals surface area contributed by atoms with Crippen molar-refractivity contribution < 1.29 is 4.79 Å². The molecule has 1 aliphatic heterocycles. The minimum Gasteiger partial charge on any atom is -0.357 e. The van der Waals surface area contributed by atoms with Gasteiger partial charge in [0.25, 0.3) is 5.91 Å². The van der Waals surface area contributed by atoms with Crippen molar-refractivity contribution >= 4 is 11.9 Å². The summed E-state index contributed by atoms with van der Waals surface area (Å²) in [5, 5.41) is 2.87. The molecule has 0 aromatic carbocycles. The van der Waals surface area contributed by atoms with Gasteiger partial charge < -0.3 is 10.2 Å². The van der Waals surface area contributed by atoms with Crippen LogP contribution in [0.15, 0.2) is 6.07 Å². The van der Waals surface area contributed by atoms with Gasteiger partial charge in [0.05, 0.1) is 0 Å². The van der Waals surface area contributed by atoms with Crippen molar-refractivity contribution in [3.05, 3.63) is 17.5 Å². The van der Waals surface area contributed by atoms with E-state index in [1.807, 2.05) is 11.8 Å². The van der Waals surface area contributed by atoms with E-state index in [0.29, 0.717) is 17.7 Å². The zero-order chi connectivity index (χ0) is 12.4. The zero-order valence-corrected chi connectivity index (χ0v) is 10.5. The van der Waals surface area contributed by atoms with E-state index in [9.17, 15) is 4.79 Å². The monoisotopic (exact) mass is 234 g/mol. The van der Waals surface area contributed by atoms with Crippen LogP contribution < -0.4 is 5.32 Å². The van der Waals surface area contributed by atoms with Crippen molar-refractivity contribution in [2.24, 2.45) is 0 Å². The second-order valence-electron chi connectivity index (χ2n) is 4.46. The van der Waals surface area contributed by atoms with Gasteiger partial charge in [-0.1, -0.05) is 0 Å². The number of likely N-dealkylation sites (tertiary alicyclic amines) is 1. The third-order valence-electron chi connectivity index (χ3n) is 3.11. The number of carbonyl (C=O) groups is 1. The Morgan fingerprint density at radius 1 is 1.53 bits per heavy atom. The second-order valence-corrected chi connectivity index (χ2v) is 4.46. The summed E-state index contributed by atoms with van der Waals surface area (Å²) in [7, 11) is 1.75. The number of hydrogen-bond donors (Lipinski definition) is 1. The lowest BCUT2D eigenvalue weighted by molar-refractivity contribution is 0.0741. The fourth-order valence-corrected chi connectivity index (χ4v) is 2.17. The molecular weight excluding hydrogens is 216 g/mol. The Hall–Kier alpha value is -1.65. The summed E-state index contributed by atoms with van der Waals surface area (Å²) in [4.78, 5) is 22.6. The molecule has 1 atom stereocenters. The van der Waals surface area contributed by atoms with E-state index in [4.69, 9.17) is 0 Å². The van der Waals surface area contributed by atoms with Crippen LogP contribution in [-0.2, 0) is 0 Å². The van der Waals surface area contributed by atoms with Crippen molar-refractivity contribution in [3.8, 4) is 0 Å². The highest BCUT2D eigenvalue weighted by molar-refractivity contribution is 5.93. The first-order valence-electron chi connectivity index (χ1n) is 5.96. The maximum absolute atomic E-state index is 12.3. The summed E-state index contributed by atoms with van der Waals surface area (Å²) >= 11 is 0. The number of aromatic nitrogens is 2. The van der Waals surface area contributed by atoms with Crippen molar-refractivity contribution in [1.82, 2.24) is 14.9 Å². The molecule has 1 aliphatic rings. The molecule has 1 aromatic heterocycles. The molecule has 5 heteroatoms. The molecule has 1 amide bonds. The second kappa shape index (κ2) is 4.69. The van der Waals surface area contributed by atoms with Gasteiger partial charge in [0.15, 0.2) is 0 Å². The number of nitrogens with zero attached hydrogens (tertiary/aromatic N) is 3. The molecule has 0 saturated carbocycles. The third-order valence-corrected chi connectivity index (χ3v) is 3.11. The summed E-state index contributed by atoms with van der Waals surface area (Å²) < 4.78 is 0. The van der Waals surface area contributed by atoms with Gasteiger partial charge in [-0.25, -0.2) is 9.97 Å². The van der Waals surface area contributed by atoms with Crippen LogP contribution in [-0.4, -0.2) is 40.4 Å². The smallest absolute Gasteiger partial charge is 0.272 e. The Balaban J connectivity index is 2.27. The molecule has 0 radical (unpaired) electrons. The van der Waals surface area contributed by atoms with Crippen LogP contribution in [0, 0.1) is 6.92 Å². The average molecular weight is 234 g/mol. The van der Waals surface area contributed by atoms with Gasteiger partial charge in [0, 0.05) is 25.3 Å². The van der Waals surface area contributed by atoms with E-state index >= 15 is 0 Å². The van der Waals surface area contributed by atoms with Gasteiger partial charge in [-0.15, -0.1) is 0 Å². The van der Waals surface area contributed by atoms with Crippen molar-refractivity contribution in [2.75, 3.05) is 18.9 Å². The molecule has 2 heterocycles. The summed E-state index contributed by atoms with van der Waals surface area (Å²) in [6, 6.07) is 2.06. The fourth-order valence-electron chi connectivity index (χ4n) is 2.17. The van der Waals surface area contributed by atoms with E-state index in [0.717, 1.165) is 25.1 Å². The molecule has 0 aliphatic carbocycles. The Morgan fingerprint density at radius 3 is 2.88 bits per heavy atom. The molecule has 0 bridgehead atoms. The standard InChI is InChI=1S/C12H18N4O/c1-8-7-10(15-12(13-3)14-8)11(17)16-6-4-5-9(16)2/h7,9H,4-6H2,1-3H3,(H,13,14,15). The highest BCUT2D eigenvalue weighted by Gasteiger charge is 2.27. The molecule has 1 N–H and O–H groups in total. The van der Waals surface area contributed by atoms with Crippen molar-refractivity contribution in [2.45, 2.75) is 32.7 Å². The Labute approximate surface area is 101 Å². The summed E-state index contributed by atoms with van der Waals surface area (Å²) in [6.45, 7) is 4.78. The maximum Gasteiger partial charge on any atom is 0.272 e. The van der Waals surface area contributed by atoms with Crippen LogP contribution >= 0.6 is 0 Å². The quantitative estimate of drug-likeness (QED) is 0.841. The maximum atomic E-state index is 12.3. The number of nitrogens with one attached hydrogen (secondary N) is 1. The lowest BCUT2D eigenvalue weighted by Crippen LogP contribution is -2.34. The topological polar surface area (TPSA) is 58.1 Å². The number of amides is 1. The highest BCUT2D eigenvalue weighted by Crippen LogP contribution is 2.19. The molecule has 1 saturated heterocycles. The molecule has 17 heavy (non-hydrogen) atoms. The predicted octanol–water partition coefficient (Wildman–Crippen LogP) is 1.45. The molecule has 1 fully saturated rings. The molecule has 1 aromatic rings. The normalized spacial score (nSPS) is 19.5. The first-order chi connectivity index (χ1) is 8.11. The molecule has 0 spiro atoms. The lowest BCUT2D eigenvalue weighted by Gasteiger charge is -2.21. The van der Waals surface area contributed by atoms with Gasteiger partial charge in [0.2, 0.25) is 5.95 Å². The van der Waals surface area contributed by atoms with E-state index in [1.165, 1.54) is 0 Å². The first-order valence-corrected chi connectivity index (χ1v) is 5.96. The first kappa shape index (κ1) is 11.8. The van der Waals surface area contributed by atoms with Crippen LogP contribution in [0.1, 0.15) is 35.9 Å². The largest absolute Gasteiger partial charge is 0.357 e. The van der Waals surface area contributed by atoms with Crippen molar-refractivity contribution in [3.63, 3.8) is 0 Å². The molecule has 2 rings (SSSR count). The lowest BCUT2D eigenvalue weighted by atomic mass is 10.2. The van der Waals surface area contributed by atoms with Gasteiger partial charge in [-0.05, 0) is 32.8 Å². The SMILES string of the molecule is CNc1nc(C)cc(C(=O)N2CCCC2C)n1. The van der Waals surface area contributed by atoms with E-state index in [1.54, 1.807) is 13.1 Å². The Bertz CT molecular complexity index is 433. The molecular formula is C12H18N4O. The van der Waals surface area contributed by atoms with Crippen molar-refractivity contribution in [1.29, 1.82) is 0 Å². The van der Waals surface area contributed by atoms with Crippen LogP contribution in [0.25, 0.3) is 0 Å². The van der Waals surface area contributed by atoms with Crippen LogP contribution in [0.5, 0.6) is 0 Å². The number of aryl methyl sites for hydroxylation is 1. The summed E-state index contributed by atoms with van der Waals surface area (Å²) in [5.74, 6) is 0.511.